The molecule has 112 valence electrons. The second-order valence-electron chi connectivity index (χ2n) is 6.05. The molecule has 0 unspecified atom stereocenters. The first-order chi connectivity index (χ1) is 10.8. The molecule has 4 nitrogen and oxygen atoms in total. The van der Waals surface area contributed by atoms with Crippen molar-refractivity contribution in [1.29, 1.82) is 0 Å². The van der Waals surface area contributed by atoms with Crippen molar-refractivity contribution < 1.29 is 14.3 Å². The van der Waals surface area contributed by atoms with E-state index in [1.165, 1.54) is 0 Å². The number of rotatable bonds is 1. The van der Waals surface area contributed by atoms with Crippen molar-refractivity contribution in [3.63, 3.8) is 0 Å². The van der Waals surface area contributed by atoms with Crippen molar-refractivity contribution >= 4 is 11.6 Å². The number of Topliss-reactive ketones (excluding diaryl/α,β-unsaturated/α-hetero) is 2. The molecule has 1 aliphatic heterocycles. The molecule has 0 spiro atoms. The predicted molar refractivity (Wildman–Crippen MR) is 79.8 cm³/mol. The second kappa shape index (κ2) is 5.20. The summed E-state index contributed by atoms with van der Waals surface area (Å²) in [6, 6.07) is 3.80. The summed E-state index contributed by atoms with van der Waals surface area (Å²) in [4.78, 5) is 29.2. The molecule has 4 rings (SSSR count). The molecule has 0 radical (unpaired) electrons. The second-order valence-corrected chi connectivity index (χ2v) is 6.05. The molecule has 0 bridgehead atoms. The van der Waals surface area contributed by atoms with E-state index >= 15 is 0 Å². The van der Waals surface area contributed by atoms with Gasteiger partial charge in [-0.25, -0.2) is 0 Å². The molecule has 22 heavy (non-hydrogen) atoms. The van der Waals surface area contributed by atoms with E-state index in [-0.39, 0.29) is 17.5 Å². The van der Waals surface area contributed by atoms with E-state index in [9.17, 15) is 9.59 Å². The van der Waals surface area contributed by atoms with Crippen LogP contribution in [-0.2, 0) is 14.3 Å². The molecule has 2 heterocycles. The normalized spacial score (nSPS) is 22.4. The van der Waals surface area contributed by atoms with Crippen molar-refractivity contribution in [3.8, 4) is 0 Å². The predicted octanol–water partition coefficient (Wildman–Crippen LogP) is 3.21. The van der Waals surface area contributed by atoms with Crippen LogP contribution in [0.3, 0.4) is 0 Å². The van der Waals surface area contributed by atoms with Gasteiger partial charge in [-0.3, -0.25) is 14.6 Å². The number of carbonyl (C=O) groups excluding carboxylic acids is 2. The van der Waals surface area contributed by atoms with Gasteiger partial charge >= 0.3 is 0 Å². The summed E-state index contributed by atoms with van der Waals surface area (Å²) >= 11 is 0. The molecule has 0 atom stereocenters. The minimum atomic E-state index is -0.284. The van der Waals surface area contributed by atoms with E-state index in [2.05, 4.69) is 4.98 Å². The lowest BCUT2D eigenvalue weighted by Crippen LogP contribution is -2.30. The van der Waals surface area contributed by atoms with Gasteiger partial charge in [-0.15, -0.1) is 0 Å². The van der Waals surface area contributed by atoms with Gasteiger partial charge < -0.3 is 4.74 Å². The first kappa shape index (κ1) is 13.4. The molecule has 0 amide bonds. The van der Waals surface area contributed by atoms with Crippen LogP contribution in [0.5, 0.6) is 0 Å². The number of pyridine rings is 1. The first-order valence-corrected chi connectivity index (χ1v) is 7.86. The van der Waals surface area contributed by atoms with Gasteiger partial charge in [-0.1, -0.05) is 6.07 Å². The number of aromatic nitrogens is 1. The minimum Gasteiger partial charge on any atom is -0.465 e. The molecule has 0 N–H and O–H groups in total. The van der Waals surface area contributed by atoms with Crippen LogP contribution in [0.25, 0.3) is 0 Å². The molecule has 4 heteroatoms. The monoisotopic (exact) mass is 295 g/mol. The minimum absolute atomic E-state index is 0.111. The van der Waals surface area contributed by atoms with Crippen LogP contribution in [0.1, 0.15) is 50.0 Å². The Balaban J connectivity index is 1.91. The van der Waals surface area contributed by atoms with Crippen LogP contribution in [0.2, 0.25) is 0 Å². The van der Waals surface area contributed by atoms with Crippen LogP contribution >= 0.6 is 0 Å². The Kier molecular flexibility index (Phi) is 3.17. The van der Waals surface area contributed by atoms with Crippen LogP contribution in [0.15, 0.2) is 47.2 Å². The Hall–Kier alpha value is -2.23. The van der Waals surface area contributed by atoms with Gasteiger partial charge in [0.2, 0.25) is 0 Å². The molecule has 1 aromatic heterocycles. The maximum absolute atomic E-state index is 12.5. The van der Waals surface area contributed by atoms with Gasteiger partial charge in [0.05, 0.1) is 0 Å². The maximum Gasteiger partial charge on any atom is 0.163 e. The third-order valence-corrected chi connectivity index (χ3v) is 4.66. The van der Waals surface area contributed by atoms with E-state index in [4.69, 9.17) is 4.74 Å². The molecular formula is C18H17NO3. The zero-order valence-corrected chi connectivity index (χ0v) is 12.3. The molecule has 0 saturated carbocycles. The molecular weight excluding hydrogens is 278 g/mol. The van der Waals surface area contributed by atoms with Crippen LogP contribution in [0, 0.1) is 0 Å². The first-order valence-electron chi connectivity index (χ1n) is 7.86. The number of carbonyl (C=O) groups is 2. The zero-order chi connectivity index (χ0) is 15.1. The molecule has 0 aromatic carbocycles. The number of allylic oxidation sites excluding steroid dienone is 4. The standard InChI is InChI=1S/C18H17NO3/c20-12-5-1-7-14-17(12)16(11-4-3-9-19-10-11)18-13(21)6-2-8-15(18)22-14/h3-4,9-10,16H,1-2,5-8H2. The molecule has 2 aliphatic carbocycles. The topological polar surface area (TPSA) is 56.3 Å². The Labute approximate surface area is 128 Å². The summed E-state index contributed by atoms with van der Waals surface area (Å²) in [5.41, 5.74) is 2.29. The van der Waals surface area contributed by atoms with Crippen molar-refractivity contribution in [2.45, 2.75) is 44.4 Å². The number of ketones is 2. The lowest BCUT2D eigenvalue weighted by molar-refractivity contribution is -0.117. The van der Waals surface area contributed by atoms with E-state index in [1.54, 1.807) is 12.4 Å². The van der Waals surface area contributed by atoms with Crippen molar-refractivity contribution in [1.82, 2.24) is 4.98 Å². The highest BCUT2D eigenvalue weighted by Crippen LogP contribution is 2.47. The molecule has 0 fully saturated rings. The summed E-state index contributed by atoms with van der Waals surface area (Å²) in [5.74, 6) is 1.49. The lowest BCUT2D eigenvalue weighted by Gasteiger charge is -2.35. The van der Waals surface area contributed by atoms with E-state index < -0.39 is 0 Å². The molecule has 0 saturated heterocycles. The van der Waals surface area contributed by atoms with Gasteiger partial charge in [-0.2, -0.15) is 0 Å². The highest BCUT2D eigenvalue weighted by atomic mass is 16.5. The zero-order valence-electron chi connectivity index (χ0n) is 12.3. The number of hydrogen-bond donors (Lipinski definition) is 0. The smallest absolute Gasteiger partial charge is 0.163 e. The SMILES string of the molecule is O=C1CCCC2=C1C(c1cccnc1)C1=C(CCCC1=O)O2. The summed E-state index contributed by atoms with van der Waals surface area (Å²) in [6.45, 7) is 0. The third-order valence-electron chi connectivity index (χ3n) is 4.66. The van der Waals surface area contributed by atoms with E-state index in [0.29, 0.717) is 24.0 Å². The largest absolute Gasteiger partial charge is 0.465 e. The van der Waals surface area contributed by atoms with Gasteiger partial charge in [-0.05, 0) is 24.5 Å². The van der Waals surface area contributed by atoms with Gasteiger partial charge in [0.1, 0.15) is 11.5 Å². The maximum atomic E-state index is 12.5. The lowest BCUT2D eigenvalue weighted by atomic mass is 9.73. The fraction of sp³-hybridized carbons (Fsp3) is 0.389. The average molecular weight is 295 g/mol. The highest BCUT2D eigenvalue weighted by Gasteiger charge is 2.41. The number of hydrogen-bond acceptors (Lipinski definition) is 4. The van der Waals surface area contributed by atoms with Crippen molar-refractivity contribution in [2.75, 3.05) is 0 Å². The number of nitrogens with zero attached hydrogens (tertiary/aromatic N) is 1. The van der Waals surface area contributed by atoms with Crippen molar-refractivity contribution in [3.05, 3.63) is 52.8 Å². The highest BCUT2D eigenvalue weighted by molar-refractivity contribution is 6.05. The average Bonchev–Trinajstić information content (AvgIpc) is 2.54. The van der Waals surface area contributed by atoms with Crippen molar-refractivity contribution in [2.24, 2.45) is 0 Å². The molecule has 3 aliphatic rings. The van der Waals surface area contributed by atoms with Crippen LogP contribution in [0.4, 0.5) is 0 Å². The Morgan fingerprint density at radius 1 is 0.955 bits per heavy atom. The number of ether oxygens (including phenoxy) is 1. The third kappa shape index (κ3) is 2.02. The van der Waals surface area contributed by atoms with E-state index in [0.717, 1.165) is 42.8 Å². The summed E-state index contributed by atoms with van der Waals surface area (Å²) in [5, 5.41) is 0. The quantitative estimate of drug-likeness (QED) is 0.798. The fourth-order valence-corrected chi connectivity index (χ4v) is 3.70. The van der Waals surface area contributed by atoms with Gasteiger partial charge in [0, 0.05) is 55.1 Å². The van der Waals surface area contributed by atoms with E-state index in [1.807, 2.05) is 12.1 Å². The van der Waals surface area contributed by atoms with Crippen LogP contribution in [-0.4, -0.2) is 16.6 Å². The van der Waals surface area contributed by atoms with Crippen LogP contribution < -0.4 is 0 Å². The summed E-state index contributed by atoms with van der Waals surface area (Å²) in [6.07, 6.45) is 7.76. The summed E-state index contributed by atoms with van der Waals surface area (Å²) < 4.78 is 5.98. The Bertz CT molecular complexity index is 673. The Morgan fingerprint density at radius 2 is 1.59 bits per heavy atom. The Morgan fingerprint density at radius 3 is 2.14 bits per heavy atom. The van der Waals surface area contributed by atoms with Gasteiger partial charge in [0.15, 0.2) is 11.6 Å². The fourth-order valence-electron chi connectivity index (χ4n) is 3.70. The van der Waals surface area contributed by atoms with Gasteiger partial charge in [0.25, 0.3) is 0 Å². The molecule has 1 aromatic rings. The summed E-state index contributed by atoms with van der Waals surface area (Å²) in [7, 11) is 0.